The fraction of sp³-hybridized carbons (Fsp3) is 0.346. The van der Waals surface area contributed by atoms with Crippen LogP contribution in [-0.2, 0) is 14.3 Å². The Morgan fingerprint density at radius 1 is 0.939 bits per heavy atom. The fourth-order valence-electron chi connectivity index (χ4n) is 3.95. The number of amides is 2. The normalized spacial score (nSPS) is 12.6. The molecule has 0 aliphatic heterocycles. The molecule has 0 radical (unpaired) electrons. The Labute approximate surface area is 193 Å². The number of unbranched alkanes of at least 4 members (excludes halogenated alkanes) is 2. The average Bonchev–Trinajstić information content (AvgIpc) is 3.13. The van der Waals surface area contributed by atoms with Crippen LogP contribution in [0, 0.1) is 0 Å². The van der Waals surface area contributed by atoms with Crippen molar-refractivity contribution in [3.8, 4) is 11.1 Å². The molecule has 2 amide bonds. The van der Waals surface area contributed by atoms with Crippen LogP contribution in [0.4, 0.5) is 4.79 Å². The number of nitrogens with one attached hydrogen (secondary N) is 2. The van der Waals surface area contributed by atoms with E-state index in [2.05, 4.69) is 34.9 Å². The van der Waals surface area contributed by atoms with E-state index in [9.17, 15) is 14.4 Å². The molecule has 2 aromatic carbocycles. The number of ether oxygens (including phenoxy) is 1. The van der Waals surface area contributed by atoms with Crippen LogP contribution < -0.4 is 10.6 Å². The van der Waals surface area contributed by atoms with E-state index in [1.165, 1.54) is 11.1 Å². The molecule has 0 spiro atoms. The van der Waals surface area contributed by atoms with Crippen molar-refractivity contribution in [2.45, 2.75) is 38.5 Å². The highest BCUT2D eigenvalue weighted by Gasteiger charge is 2.28. The van der Waals surface area contributed by atoms with Crippen molar-refractivity contribution in [2.75, 3.05) is 19.7 Å². The minimum absolute atomic E-state index is 0.00158. The summed E-state index contributed by atoms with van der Waals surface area (Å²) in [6.45, 7) is 2.60. The summed E-state index contributed by atoms with van der Waals surface area (Å²) < 4.78 is 5.48. The molecular weight excluding hydrogens is 420 g/mol. The van der Waals surface area contributed by atoms with E-state index in [1.807, 2.05) is 24.3 Å². The van der Waals surface area contributed by atoms with Gasteiger partial charge in [0.25, 0.3) is 0 Å². The van der Waals surface area contributed by atoms with Gasteiger partial charge in [0.2, 0.25) is 5.91 Å². The molecule has 33 heavy (non-hydrogen) atoms. The Bertz CT molecular complexity index is 985. The van der Waals surface area contributed by atoms with Gasteiger partial charge < -0.3 is 20.5 Å². The van der Waals surface area contributed by atoms with Gasteiger partial charge in [0, 0.05) is 31.0 Å². The molecule has 3 N–H and O–H groups in total. The molecular formula is C26H30N2O5. The highest BCUT2D eigenvalue weighted by molar-refractivity contribution is 5.92. The van der Waals surface area contributed by atoms with E-state index in [0.29, 0.717) is 18.5 Å². The van der Waals surface area contributed by atoms with E-state index >= 15 is 0 Å². The minimum Gasteiger partial charge on any atom is -0.481 e. The van der Waals surface area contributed by atoms with E-state index in [1.54, 1.807) is 13.0 Å². The Kier molecular flexibility index (Phi) is 8.63. The maximum atomic E-state index is 12.2. The highest BCUT2D eigenvalue weighted by atomic mass is 16.5. The van der Waals surface area contributed by atoms with Crippen LogP contribution in [0.3, 0.4) is 0 Å². The predicted octanol–water partition coefficient (Wildman–Crippen LogP) is 4.23. The van der Waals surface area contributed by atoms with Gasteiger partial charge in [0.15, 0.2) is 0 Å². The number of carbonyl (C=O) groups is 3. The lowest BCUT2D eigenvalue weighted by Crippen LogP contribution is -2.28. The number of alkyl carbamates (subject to hydrolysis) is 1. The van der Waals surface area contributed by atoms with Crippen molar-refractivity contribution in [1.29, 1.82) is 0 Å². The van der Waals surface area contributed by atoms with Crippen molar-refractivity contribution in [3.63, 3.8) is 0 Å². The van der Waals surface area contributed by atoms with E-state index in [-0.39, 0.29) is 31.4 Å². The van der Waals surface area contributed by atoms with Crippen molar-refractivity contribution >= 4 is 18.0 Å². The molecule has 0 bridgehead atoms. The first-order chi connectivity index (χ1) is 16.0. The third-order valence-electron chi connectivity index (χ3n) is 5.71. The molecule has 2 aromatic rings. The average molecular weight is 451 g/mol. The summed E-state index contributed by atoms with van der Waals surface area (Å²) in [5.41, 5.74) is 5.16. The van der Waals surface area contributed by atoms with Gasteiger partial charge in [-0.2, -0.15) is 0 Å². The molecule has 0 saturated carbocycles. The standard InChI is InChI=1S/C26H30N2O5/c1-18(25(31)27-15-8-2-3-13-24(29)30)14-16-28-26(32)33-17-23-21-11-6-4-9-19(21)20-10-5-7-12-22(20)23/h4-7,9-12,14,23H,2-3,8,13,15-17H2,1H3,(H,27,31)(H,28,32)(H,29,30)/b18-14+. The molecule has 0 aromatic heterocycles. The van der Waals surface area contributed by atoms with Gasteiger partial charge in [0.1, 0.15) is 6.61 Å². The minimum atomic E-state index is -0.804. The summed E-state index contributed by atoms with van der Waals surface area (Å²) >= 11 is 0. The van der Waals surface area contributed by atoms with Gasteiger partial charge in [0.05, 0.1) is 0 Å². The lowest BCUT2D eigenvalue weighted by molar-refractivity contribution is -0.137. The zero-order valence-electron chi connectivity index (χ0n) is 18.8. The Morgan fingerprint density at radius 2 is 1.58 bits per heavy atom. The second-order valence-electron chi connectivity index (χ2n) is 8.05. The molecule has 3 rings (SSSR count). The number of fused-ring (bicyclic) bond motifs is 3. The maximum Gasteiger partial charge on any atom is 0.407 e. The molecule has 7 heteroatoms. The number of carboxylic acid groups (broad SMARTS) is 1. The predicted molar refractivity (Wildman–Crippen MR) is 126 cm³/mol. The van der Waals surface area contributed by atoms with Gasteiger partial charge in [-0.1, -0.05) is 61.0 Å². The largest absolute Gasteiger partial charge is 0.481 e. The summed E-state index contributed by atoms with van der Waals surface area (Å²) in [4.78, 5) is 34.7. The number of rotatable bonds is 11. The van der Waals surface area contributed by atoms with Crippen LogP contribution in [0.2, 0.25) is 0 Å². The summed E-state index contributed by atoms with van der Waals surface area (Å²) in [7, 11) is 0. The highest BCUT2D eigenvalue weighted by Crippen LogP contribution is 2.44. The number of hydrogen-bond donors (Lipinski definition) is 3. The first-order valence-corrected chi connectivity index (χ1v) is 11.2. The molecule has 7 nitrogen and oxygen atoms in total. The number of aliphatic carboxylic acids is 1. The molecule has 0 atom stereocenters. The van der Waals surface area contributed by atoms with Crippen molar-refractivity contribution < 1.29 is 24.2 Å². The summed E-state index contributed by atoms with van der Waals surface area (Å²) in [6, 6.07) is 16.3. The van der Waals surface area contributed by atoms with E-state index in [0.717, 1.165) is 24.0 Å². The Morgan fingerprint density at radius 3 is 2.21 bits per heavy atom. The lowest BCUT2D eigenvalue weighted by Gasteiger charge is -2.14. The monoisotopic (exact) mass is 450 g/mol. The van der Waals surface area contributed by atoms with E-state index in [4.69, 9.17) is 9.84 Å². The van der Waals surface area contributed by atoms with Crippen LogP contribution >= 0.6 is 0 Å². The topological polar surface area (TPSA) is 105 Å². The molecule has 0 heterocycles. The number of carboxylic acids is 1. The lowest BCUT2D eigenvalue weighted by atomic mass is 9.98. The zero-order valence-corrected chi connectivity index (χ0v) is 18.8. The van der Waals surface area contributed by atoms with Gasteiger partial charge in [-0.15, -0.1) is 0 Å². The van der Waals surface area contributed by atoms with Gasteiger partial charge in [-0.3, -0.25) is 9.59 Å². The summed E-state index contributed by atoms with van der Waals surface area (Å²) in [6.07, 6.45) is 3.34. The number of benzene rings is 2. The zero-order chi connectivity index (χ0) is 23.6. The van der Waals surface area contributed by atoms with Crippen LogP contribution in [0.5, 0.6) is 0 Å². The van der Waals surface area contributed by atoms with Gasteiger partial charge in [-0.25, -0.2) is 4.79 Å². The fourth-order valence-corrected chi connectivity index (χ4v) is 3.95. The van der Waals surface area contributed by atoms with Crippen LogP contribution in [-0.4, -0.2) is 42.8 Å². The third-order valence-corrected chi connectivity index (χ3v) is 5.71. The second kappa shape index (κ2) is 11.9. The number of hydrogen-bond acceptors (Lipinski definition) is 4. The summed E-state index contributed by atoms with van der Waals surface area (Å²) in [5, 5.41) is 14.1. The molecule has 0 fully saturated rings. The SMILES string of the molecule is C/C(=C\CNC(=O)OCC1c2ccccc2-c2ccccc21)C(=O)NCCCCCC(=O)O. The first kappa shape index (κ1) is 24.0. The number of carbonyl (C=O) groups excluding carboxylic acids is 2. The van der Waals surface area contributed by atoms with E-state index < -0.39 is 12.1 Å². The quantitative estimate of drug-likeness (QED) is 0.351. The molecule has 174 valence electrons. The van der Waals surface area contributed by atoms with Crippen molar-refractivity contribution in [1.82, 2.24) is 10.6 Å². The van der Waals surface area contributed by atoms with Crippen LogP contribution in [0.25, 0.3) is 11.1 Å². The molecule has 1 aliphatic rings. The molecule has 1 aliphatic carbocycles. The van der Waals surface area contributed by atoms with Crippen molar-refractivity contribution in [3.05, 3.63) is 71.3 Å². The van der Waals surface area contributed by atoms with Crippen molar-refractivity contribution in [2.24, 2.45) is 0 Å². The Hall–Kier alpha value is -3.61. The van der Waals surface area contributed by atoms with Gasteiger partial charge >= 0.3 is 12.1 Å². The third kappa shape index (κ3) is 6.68. The molecule has 0 saturated heterocycles. The van der Waals surface area contributed by atoms with Crippen LogP contribution in [0.15, 0.2) is 60.2 Å². The maximum absolute atomic E-state index is 12.2. The van der Waals surface area contributed by atoms with Gasteiger partial charge in [-0.05, 0) is 42.0 Å². The second-order valence-corrected chi connectivity index (χ2v) is 8.05. The summed E-state index contributed by atoms with van der Waals surface area (Å²) in [5.74, 6) is -1.01. The smallest absolute Gasteiger partial charge is 0.407 e. The first-order valence-electron chi connectivity index (χ1n) is 11.2. The Balaban J connectivity index is 1.40. The van der Waals surface area contributed by atoms with Crippen LogP contribution in [0.1, 0.15) is 49.7 Å². The molecule has 0 unspecified atom stereocenters.